The van der Waals surface area contributed by atoms with Gasteiger partial charge in [-0.05, 0) is 0 Å². The van der Waals surface area contributed by atoms with Crippen molar-refractivity contribution in [2.45, 2.75) is 0 Å². The Morgan fingerprint density at radius 1 is 0.385 bits per heavy atom. The van der Waals surface area contributed by atoms with Crippen molar-refractivity contribution in [3.8, 4) is 0 Å². The zero-order valence-corrected chi connectivity index (χ0v) is 9.78. The first-order chi connectivity index (χ1) is 6.00. The molecule has 0 aromatic carbocycles. The molecule has 13 heavy (non-hydrogen) atoms. The quantitative estimate of drug-likeness (QED) is 0.444. The molecule has 5 heteroatoms. The van der Waals surface area contributed by atoms with E-state index in [1.807, 2.05) is 0 Å². The Kier molecular flexibility index (Phi) is 10.7. The largest absolute Gasteiger partial charge is 0.314 e. The Hall–Kier alpha value is 0.320. The zero-order chi connectivity index (χ0) is 8.49. The van der Waals surface area contributed by atoms with Gasteiger partial charge in [0, 0.05) is 52.4 Å². The van der Waals surface area contributed by atoms with Gasteiger partial charge in [-0.15, -0.1) is 17.0 Å². The molecule has 0 unspecified atom stereocenters. The highest BCUT2D eigenvalue weighted by Crippen LogP contribution is 1.65. The molecule has 2 saturated heterocycles. The molecular weight excluding hydrogens is 232 g/mol. The first kappa shape index (κ1) is 13.3. The lowest BCUT2D eigenvalue weighted by atomic mass is 10.4. The van der Waals surface area contributed by atoms with Gasteiger partial charge in [-0.25, -0.2) is 0 Å². The molecule has 0 saturated carbocycles. The first-order valence-corrected chi connectivity index (χ1v) is 4.83. The first-order valence-electron chi connectivity index (χ1n) is 4.83. The van der Waals surface area contributed by atoms with E-state index in [4.69, 9.17) is 0 Å². The molecule has 80 valence electrons. The predicted molar refractivity (Wildman–Crippen MR) is 61.8 cm³/mol. The molecule has 0 aliphatic carbocycles. The van der Waals surface area contributed by atoms with Gasteiger partial charge in [0.25, 0.3) is 0 Å². The van der Waals surface area contributed by atoms with Gasteiger partial charge < -0.3 is 21.3 Å². The lowest BCUT2D eigenvalue weighted by molar-refractivity contribution is 0.534. The Morgan fingerprint density at radius 3 is 0.615 bits per heavy atom. The lowest BCUT2D eigenvalue weighted by Gasteiger charge is -2.11. The minimum atomic E-state index is 0. The van der Waals surface area contributed by atoms with E-state index in [9.17, 15) is 0 Å². The summed E-state index contributed by atoms with van der Waals surface area (Å²) in [5.41, 5.74) is 0. The SMILES string of the molecule is Br.C1CNCCN1.C1CNCCN1. The molecule has 0 spiro atoms. The van der Waals surface area contributed by atoms with Crippen molar-refractivity contribution in [1.29, 1.82) is 0 Å². The molecule has 4 nitrogen and oxygen atoms in total. The van der Waals surface area contributed by atoms with E-state index in [0.717, 1.165) is 52.4 Å². The van der Waals surface area contributed by atoms with Crippen LogP contribution in [0.4, 0.5) is 0 Å². The molecule has 2 aliphatic heterocycles. The summed E-state index contributed by atoms with van der Waals surface area (Å²) in [7, 11) is 0. The van der Waals surface area contributed by atoms with Crippen molar-refractivity contribution in [1.82, 2.24) is 21.3 Å². The summed E-state index contributed by atoms with van der Waals surface area (Å²) in [6.07, 6.45) is 0. The molecule has 0 aromatic heterocycles. The molecule has 4 N–H and O–H groups in total. The minimum absolute atomic E-state index is 0. The van der Waals surface area contributed by atoms with Gasteiger partial charge in [0.1, 0.15) is 0 Å². The van der Waals surface area contributed by atoms with Crippen molar-refractivity contribution >= 4 is 17.0 Å². The maximum absolute atomic E-state index is 3.22. The third-order valence-electron chi connectivity index (χ3n) is 1.91. The molecular formula is C8H21BrN4. The third kappa shape index (κ3) is 8.64. The van der Waals surface area contributed by atoms with Crippen LogP contribution in [0, 0.1) is 0 Å². The zero-order valence-electron chi connectivity index (χ0n) is 8.07. The highest BCUT2D eigenvalue weighted by atomic mass is 79.9. The van der Waals surface area contributed by atoms with E-state index < -0.39 is 0 Å². The fraction of sp³-hybridized carbons (Fsp3) is 1.00. The molecule has 2 aliphatic rings. The molecule has 0 radical (unpaired) electrons. The van der Waals surface area contributed by atoms with E-state index in [1.54, 1.807) is 0 Å². The van der Waals surface area contributed by atoms with Crippen LogP contribution in [0.5, 0.6) is 0 Å². The van der Waals surface area contributed by atoms with Gasteiger partial charge in [-0.3, -0.25) is 0 Å². The predicted octanol–water partition coefficient (Wildman–Crippen LogP) is -1.06. The number of halogens is 1. The van der Waals surface area contributed by atoms with E-state index in [2.05, 4.69) is 21.3 Å². The van der Waals surface area contributed by atoms with Crippen molar-refractivity contribution in [3.05, 3.63) is 0 Å². The number of hydrogen-bond acceptors (Lipinski definition) is 4. The van der Waals surface area contributed by atoms with Gasteiger partial charge in [0.15, 0.2) is 0 Å². The van der Waals surface area contributed by atoms with Crippen LogP contribution in [0.3, 0.4) is 0 Å². The third-order valence-corrected chi connectivity index (χ3v) is 1.91. The lowest BCUT2D eigenvalue weighted by Crippen LogP contribution is -2.39. The molecule has 0 atom stereocenters. The highest BCUT2D eigenvalue weighted by Gasteiger charge is 1.92. The van der Waals surface area contributed by atoms with Crippen LogP contribution in [-0.4, -0.2) is 52.4 Å². The summed E-state index contributed by atoms with van der Waals surface area (Å²) in [5.74, 6) is 0. The second kappa shape index (κ2) is 10.4. The number of piperazine rings is 2. The number of rotatable bonds is 0. The van der Waals surface area contributed by atoms with Crippen LogP contribution in [0.25, 0.3) is 0 Å². The molecule has 0 bridgehead atoms. The fourth-order valence-electron chi connectivity index (χ4n) is 1.21. The van der Waals surface area contributed by atoms with Crippen LogP contribution in [0.15, 0.2) is 0 Å². The van der Waals surface area contributed by atoms with Gasteiger partial charge in [0.05, 0.1) is 0 Å². The van der Waals surface area contributed by atoms with Crippen molar-refractivity contribution in [2.24, 2.45) is 0 Å². The van der Waals surface area contributed by atoms with E-state index in [1.165, 1.54) is 0 Å². The van der Waals surface area contributed by atoms with Gasteiger partial charge in [-0.2, -0.15) is 0 Å². The Labute approximate surface area is 91.0 Å². The van der Waals surface area contributed by atoms with Crippen molar-refractivity contribution < 1.29 is 0 Å². The van der Waals surface area contributed by atoms with Crippen LogP contribution < -0.4 is 21.3 Å². The Bertz CT molecular complexity index is 59.1. The van der Waals surface area contributed by atoms with Crippen LogP contribution in [0.1, 0.15) is 0 Å². The maximum Gasteiger partial charge on any atom is 0.00772 e. The second-order valence-electron chi connectivity index (χ2n) is 3.00. The average molecular weight is 253 g/mol. The van der Waals surface area contributed by atoms with Crippen molar-refractivity contribution in [2.75, 3.05) is 52.4 Å². The molecule has 2 rings (SSSR count). The molecule has 2 heterocycles. The number of hydrogen-bond donors (Lipinski definition) is 4. The summed E-state index contributed by atoms with van der Waals surface area (Å²) in [5, 5.41) is 12.9. The number of nitrogens with one attached hydrogen (secondary N) is 4. The van der Waals surface area contributed by atoms with E-state index in [0.29, 0.717) is 0 Å². The topological polar surface area (TPSA) is 48.1 Å². The minimum Gasteiger partial charge on any atom is -0.314 e. The fourth-order valence-corrected chi connectivity index (χ4v) is 1.21. The van der Waals surface area contributed by atoms with Gasteiger partial charge in [-0.1, -0.05) is 0 Å². The van der Waals surface area contributed by atoms with Gasteiger partial charge in [0.2, 0.25) is 0 Å². The summed E-state index contributed by atoms with van der Waals surface area (Å²) in [6, 6.07) is 0. The Morgan fingerprint density at radius 2 is 0.538 bits per heavy atom. The smallest absolute Gasteiger partial charge is 0.00772 e. The molecule has 0 aromatic rings. The van der Waals surface area contributed by atoms with Crippen LogP contribution in [-0.2, 0) is 0 Å². The summed E-state index contributed by atoms with van der Waals surface area (Å²) < 4.78 is 0. The van der Waals surface area contributed by atoms with Gasteiger partial charge >= 0.3 is 0 Å². The summed E-state index contributed by atoms with van der Waals surface area (Å²) >= 11 is 0. The van der Waals surface area contributed by atoms with Crippen LogP contribution >= 0.6 is 17.0 Å². The van der Waals surface area contributed by atoms with E-state index >= 15 is 0 Å². The normalized spacial score (nSPS) is 22.2. The monoisotopic (exact) mass is 252 g/mol. The summed E-state index contributed by atoms with van der Waals surface area (Å²) in [6.45, 7) is 9.11. The second-order valence-corrected chi connectivity index (χ2v) is 3.00. The summed E-state index contributed by atoms with van der Waals surface area (Å²) in [4.78, 5) is 0. The standard InChI is InChI=1S/2C4H10N2.BrH/c2*1-2-6-4-3-5-1;/h2*5-6H,1-4H2;1H. The molecule has 0 amide bonds. The van der Waals surface area contributed by atoms with E-state index in [-0.39, 0.29) is 17.0 Å². The van der Waals surface area contributed by atoms with Crippen LogP contribution in [0.2, 0.25) is 0 Å². The maximum atomic E-state index is 3.22. The molecule has 2 fully saturated rings. The Balaban J connectivity index is 0.000000206. The van der Waals surface area contributed by atoms with Crippen molar-refractivity contribution in [3.63, 3.8) is 0 Å². The average Bonchev–Trinajstić information content (AvgIpc) is 2.24. The highest BCUT2D eigenvalue weighted by molar-refractivity contribution is 8.93.